The number of rotatable bonds is 4. The van der Waals surface area contributed by atoms with Crippen LogP contribution in [0, 0.1) is 0 Å². The number of carbonyl (C=O) groups is 1. The number of Topliss-reactive ketones (excluding diaryl/α,β-unsaturated/α-hetero) is 1. The Morgan fingerprint density at radius 1 is 1.42 bits per heavy atom. The highest BCUT2D eigenvalue weighted by molar-refractivity contribution is 9.10. The second kappa shape index (κ2) is 6.64. The van der Waals surface area contributed by atoms with E-state index in [4.69, 9.17) is 0 Å². The molecule has 0 amide bonds. The number of aliphatic hydroxyl groups is 1. The summed E-state index contributed by atoms with van der Waals surface area (Å²) in [6.07, 6.45) is 3.23. The number of nitrogens with zero attached hydrogens (tertiary/aromatic N) is 1. The van der Waals surface area contributed by atoms with Gasteiger partial charge in [0, 0.05) is 16.1 Å². The third-order valence-corrected chi connectivity index (χ3v) is 4.42. The molecule has 1 heterocycles. The quantitative estimate of drug-likeness (QED) is 0.865. The maximum absolute atomic E-state index is 12.5. The first-order chi connectivity index (χ1) is 9.13. The minimum Gasteiger partial charge on any atom is -0.395 e. The van der Waals surface area contributed by atoms with Crippen molar-refractivity contribution in [3.8, 4) is 0 Å². The fourth-order valence-corrected chi connectivity index (χ4v) is 3.00. The molecule has 3 nitrogen and oxygen atoms in total. The van der Waals surface area contributed by atoms with Crippen molar-refractivity contribution in [1.29, 1.82) is 0 Å². The lowest BCUT2D eigenvalue weighted by atomic mass is 9.97. The SMILES string of the molecule is CC(C(=O)c1ccc(Br)cc1)N1CCCCC1CO. The van der Waals surface area contributed by atoms with Crippen LogP contribution in [0.3, 0.4) is 0 Å². The highest BCUT2D eigenvalue weighted by Crippen LogP contribution is 2.22. The number of benzene rings is 1. The van der Waals surface area contributed by atoms with Gasteiger partial charge in [0.05, 0.1) is 12.6 Å². The molecule has 104 valence electrons. The van der Waals surface area contributed by atoms with Crippen molar-refractivity contribution in [3.05, 3.63) is 34.3 Å². The van der Waals surface area contributed by atoms with Crippen LogP contribution in [-0.2, 0) is 0 Å². The van der Waals surface area contributed by atoms with Crippen molar-refractivity contribution in [2.45, 2.75) is 38.3 Å². The maximum atomic E-state index is 12.5. The van der Waals surface area contributed by atoms with Gasteiger partial charge in [-0.05, 0) is 38.4 Å². The van der Waals surface area contributed by atoms with Gasteiger partial charge in [0.25, 0.3) is 0 Å². The number of ketones is 1. The van der Waals surface area contributed by atoms with Crippen LogP contribution >= 0.6 is 15.9 Å². The molecule has 1 aromatic carbocycles. The fourth-order valence-electron chi connectivity index (χ4n) is 2.73. The van der Waals surface area contributed by atoms with Crippen LogP contribution < -0.4 is 0 Å². The van der Waals surface area contributed by atoms with Crippen LogP contribution in [0.2, 0.25) is 0 Å². The highest BCUT2D eigenvalue weighted by Gasteiger charge is 2.30. The summed E-state index contributed by atoms with van der Waals surface area (Å²) in [5, 5.41) is 9.44. The molecule has 2 rings (SSSR count). The smallest absolute Gasteiger partial charge is 0.179 e. The van der Waals surface area contributed by atoms with E-state index >= 15 is 0 Å². The maximum Gasteiger partial charge on any atom is 0.179 e. The van der Waals surface area contributed by atoms with Gasteiger partial charge in [-0.3, -0.25) is 9.69 Å². The molecule has 2 unspecified atom stereocenters. The summed E-state index contributed by atoms with van der Waals surface area (Å²) in [6, 6.07) is 7.43. The van der Waals surface area contributed by atoms with Crippen molar-refractivity contribution in [2.75, 3.05) is 13.2 Å². The van der Waals surface area contributed by atoms with E-state index in [2.05, 4.69) is 20.8 Å². The van der Waals surface area contributed by atoms with Crippen LogP contribution in [0.1, 0.15) is 36.5 Å². The molecule has 0 aromatic heterocycles. The molecule has 0 aliphatic carbocycles. The van der Waals surface area contributed by atoms with E-state index in [1.807, 2.05) is 31.2 Å². The predicted octanol–water partition coefficient (Wildman–Crippen LogP) is 2.87. The van der Waals surface area contributed by atoms with Crippen LogP contribution in [-0.4, -0.2) is 41.0 Å². The molecule has 1 aliphatic rings. The van der Waals surface area contributed by atoms with Crippen molar-refractivity contribution >= 4 is 21.7 Å². The largest absolute Gasteiger partial charge is 0.395 e. The second-order valence-electron chi connectivity index (χ2n) is 5.12. The Kier molecular flexibility index (Phi) is 5.13. The molecular formula is C15H20BrNO2. The molecule has 1 N–H and O–H groups in total. The van der Waals surface area contributed by atoms with Crippen molar-refractivity contribution in [2.24, 2.45) is 0 Å². The first-order valence-corrected chi connectivity index (χ1v) is 7.59. The first-order valence-electron chi connectivity index (χ1n) is 6.80. The van der Waals surface area contributed by atoms with E-state index in [0.29, 0.717) is 0 Å². The third kappa shape index (κ3) is 3.44. The first kappa shape index (κ1) is 14.7. The monoisotopic (exact) mass is 325 g/mol. The van der Waals surface area contributed by atoms with Crippen molar-refractivity contribution in [3.63, 3.8) is 0 Å². The van der Waals surface area contributed by atoms with Gasteiger partial charge in [0.1, 0.15) is 0 Å². The molecule has 1 aliphatic heterocycles. The predicted molar refractivity (Wildman–Crippen MR) is 79.4 cm³/mol. The summed E-state index contributed by atoms with van der Waals surface area (Å²) in [4.78, 5) is 14.6. The minimum atomic E-state index is -0.168. The van der Waals surface area contributed by atoms with E-state index in [0.717, 1.165) is 35.8 Å². The van der Waals surface area contributed by atoms with Gasteiger partial charge in [0.2, 0.25) is 0 Å². The van der Waals surface area contributed by atoms with Gasteiger partial charge in [-0.1, -0.05) is 34.5 Å². The molecule has 1 fully saturated rings. The molecule has 0 spiro atoms. The van der Waals surface area contributed by atoms with Gasteiger partial charge in [-0.25, -0.2) is 0 Å². The lowest BCUT2D eigenvalue weighted by Gasteiger charge is -2.38. The molecule has 1 aromatic rings. The number of halogens is 1. The summed E-state index contributed by atoms with van der Waals surface area (Å²) < 4.78 is 0.975. The Hall–Kier alpha value is -0.710. The Balaban J connectivity index is 2.11. The van der Waals surface area contributed by atoms with E-state index < -0.39 is 0 Å². The number of piperidine rings is 1. The Labute approximate surface area is 122 Å². The van der Waals surface area contributed by atoms with Gasteiger partial charge < -0.3 is 5.11 Å². The molecule has 0 radical (unpaired) electrons. The van der Waals surface area contributed by atoms with Crippen LogP contribution in [0.4, 0.5) is 0 Å². The lowest BCUT2D eigenvalue weighted by molar-refractivity contribution is 0.0491. The van der Waals surface area contributed by atoms with E-state index in [-0.39, 0.29) is 24.5 Å². The fraction of sp³-hybridized carbons (Fsp3) is 0.533. The standard InChI is InChI=1S/C15H20BrNO2/c1-11(17-9-3-2-4-14(17)10-18)15(19)12-5-7-13(16)8-6-12/h5-8,11,14,18H,2-4,9-10H2,1H3. The van der Waals surface area contributed by atoms with Crippen molar-refractivity contribution < 1.29 is 9.90 Å². The lowest BCUT2D eigenvalue weighted by Crippen LogP contribution is -2.49. The number of carbonyl (C=O) groups excluding carboxylic acids is 1. The number of hydrogen-bond donors (Lipinski definition) is 1. The molecule has 2 atom stereocenters. The molecule has 19 heavy (non-hydrogen) atoms. The Morgan fingerprint density at radius 2 is 2.11 bits per heavy atom. The highest BCUT2D eigenvalue weighted by atomic mass is 79.9. The summed E-state index contributed by atoms with van der Waals surface area (Å²) in [7, 11) is 0. The van der Waals surface area contributed by atoms with Gasteiger partial charge in [0.15, 0.2) is 5.78 Å². The average molecular weight is 326 g/mol. The normalized spacial score (nSPS) is 22.2. The van der Waals surface area contributed by atoms with Crippen molar-refractivity contribution in [1.82, 2.24) is 4.90 Å². The van der Waals surface area contributed by atoms with Gasteiger partial charge in [-0.2, -0.15) is 0 Å². The minimum absolute atomic E-state index is 0.128. The van der Waals surface area contributed by atoms with E-state index in [1.54, 1.807) is 0 Å². The van der Waals surface area contributed by atoms with Gasteiger partial charge >= 0.3 is 0 Å². The molecule has 4 heteroatoms. The number of hydrogen-bond acceptors (Lipinski definition) is 3. The summed E-state index contributed by atoms with van der Waals surface area (Å²) in [5.74, 6) is 0.132. The number of likely N-dealkylation sites (tertiary alicyclic amines) is 1. The molecule has 1 saturated heterocycles. The van der Waals surface area contributed by atoms with Gasteiger partial charge in [-0.15, -0.1) is 0 Å². The van der Waals surface area contributed by atoms with Crippen LogP contribution in [0.15, 0.2) is 28.7 Å². The zero-order chi connectivity index (χ0) is 13.8. The van der Waals surface area contributed by atoms with Crippen LogP contribution in [0.25, 0.3) is 0 Å². The second-order valence-corrected chi connectivity index (χ2v) is 6.03. The van der Waals surface area contributed by atoms with E-state index in [1.165, 1.54) is 0 Å². The Bertz CT molecular complexity index is 432. The van der Waals surface area contributed by atoms with Crippen LogP contribution in [0.5, 0.6) is 0 Å². The average Bonchev–Trinajstić information content (AvgIpc) is 2.46. The summed E-state index contributed by atoms with van der Waals surface area (Å²) in [6.45, 7) is 2.98. The Morgan fingerprint density at radius 3 is 2.74 bits per heavy atom. The summed E-state index contributed by atoms with van der Waals surface area (Å²) >= 11 is 3.37. The summed E-state index contributed by atoms with van der Waals surface area (Å²) in [5.41, 5.74) is 0.734. The zero-order valence-corrected chi connectivity index (χ0v) is 12.8. The topological polar surface area (TPSA) is 40.5 Å². The molecule has 0 saturated carbocycles. The van der Waals surface area contributed by atoms with E-state index in [9.17, 15) is 9.90 Å². The molecule has 0 bridgehead atoms. The third-order valence-electron chi connectivity index (χ3n) is 3.89. The zero-order valence-electron chi connectivity index (χ0n) is 11.2. The number of aliphatic hydroxyl groups excluding tert-OH is 1. The molecular weight excluding hydrogens is 306 g/mol.